The van der Waals surface area contributed by atoms with Crippen molar-refractivity contribution in [1.29, 1.82) is 0 Å². The monoisotopic (exact) mass is 257 g/mol. The topological polar surface area (TPSA) is 92.5 Å². The molecule has 6 nitrogen and oxygen atoms in total. The Hall–Kier alpha value is -1.59. The minimum Gasteiger partial charge on any atom is -0.368 e. The van der Waals surface area contributed by atoms with Crippen LogP contribution in [0.3, 0.4) is 0 Å². The maximum atomic E-state index is 11.8. The van der Waals surface area contributed by atoms with Crippen LogP contribution in [-0.4, -0.2) is 41.8 Å². The zero-order chi connectivity index (χ0) is 14.3. The maximum Gasteiger partial charge on any atom is 0.239 e. The van der Waals surface area contributed by atoms with Crippen LogP contribution < -0.4 is 11.1 Å². The van der Waals surface area contributed by atoms with Crippen LogP contribution in [-0.2, 0) is 14.4 Å². The standard InChI is InChI=1S/C12H23N3O3/c1-8(2)5-12(18)15(6-10(13)16)7-11(17)14-9(3)4/h8-9H,5-7H2,1-4H3,(H2,13,16)(H,14,17). The SMILES string of the molecule is CC(C)CC(=O)N(CC(N)=O)CC(=O)NC(C)C. The molecule has 0 aliphatic rings. The van der Waals surface area contributed by atoms with Crippen LogP contribution in [0.25, 0.3) is 0 Å². The quantitative estimate of drug-likeness (QED) is 0.665. The number of hydrogen-bond acceptors (Lipinski definition) is 3. The molecule has 0 saturated carbocycles. The van der Waals surface area contributed by atoms with Gasteiger partial charge in [0, 0.05) is 12.5 Å². The number of nitrogens with two attached hydrogens (primary N) is 1. The van der Waals surface area contributed by atoms with Crippen LogP contribution in [0.2, 0.25) is 0 Å². The molecular formula is C12H23N3O3. The van der Waals surface area contributed by atoms with Crippen molar-refractivity contribution in [2.45, 2.75) is 40.2 Å². The summed E-state index contributed by atoms with van der Waals surface area (Å²) >= 11 is 0. The molecule has 0 fully saturated rings. The molecule has 0 radical (unpaired) electrons. The first-order valence-electron chi connectivity index (χ1n) is 6.07. The number of hydrogen-bond donors (Lipinski definition) is 2. The second-order valence-corrected chi connectivity index (χ2v) is 5.04. The van der Waals surface area contributed by atoms with Gasteiger partial charge in [0.25, 0.3) is 0 Å². The van der Waals surface area contributed by atoms with E-state index in [0.717, 1.165) is 0 Å². The van der Waals surface area contributed by atoms with Gasteiger partial charge < -0.3 is 16.0 Å². The van der Waals surface area contributed by atoms with Gasteiger partial charge in [0.15, 0.2) is 0 Å². The van der Waals surface area contributed by atoms with Gasteiger partial charge in [-0.05, 0) is 19.8 Å². The molecule has 0 aliphatic heterocycles. The van der Waals surface area contributed by atoms with Crippen molar-refractivity contribution in [2.24, 2.45) is 11.7 Å². The molecule has 0 bridgehead atoms. The van der Waals surface area contributed by atoms with Crippen LogP contribution >= 0.6 is 0 Å². The molecule has 0 aromatic rings. The summed E-state index contributed by atoms with van der Waals surface area (Å²) < 4.78 is 0. The fraction of sp³-hybridized carbons (Fsp3) is 0.750. The van der Waals surface area contributed by atoms with E-state index in [1.54, 1.807) is 0 Å². The molecule has 0 saturated heterocycles. The number of carbonyl (C=O) groups is 3. The van der Waals surface area contributed by atoms with Gasteiger partial charge in [-0.25, -0.2) is 0 Å². The predicted molar refractivity (Wildman–Crippen MR) is 68.5 cm³/mol. The van der Waals surface area contributed by atoms with E-state index in [1.165, 1.54) is 4.90 Å². The lowest BCUT2D eigenvalue weighted by Gasteiger charge is -2.22. The lowest BCUT2D eigenvalue weighted by molar-refractivity contribution is -0.139. The van der Waals surface area contributed by atoms with Crippen molar-refractivity contribution < 1.29 is 14.4 Å². The third-order valence-corrected chi connectivity index (χ3v) is 2.07. The summed E-state index contributed by atoms with van der Waals surface area (Å²) in [5.41, 5.74) is 5.07. The number of amides is 3. The summed E-state index contributed by atoms with van der Waals surface area (Å²) in [6.45, 7) is 7.09. The van der Waals surface area contributed by atoms with Crippen molar-refractivity contribution in [2.75, 3.05) is 13.1 Å². The van der Waals surface area contributed by atoms with E-state index < -0.39 is 5.91 Å². The molecule has 0 aromatic heterocycles. The van der Waals surface area contributed by atoms with Gasteiger partial charge in [-0.2, -0.15) is 0 Å². The predicted octanol–water partition coefficient (Wildman–Crippen LogP) is -0.129. The van der Waals surface area contributed by atoms with Gasteiger partial charge in [-0.15, -0.1) is 0 Å². The molecule has 0 aromatic carbocycles. The van der Waals surface area contributed by atoms with E-state index in [2.05, 4.69) is 5.32 Å². The fourth-order valence-electron chi connectivity index (χ4n) is 1.44. The molecule has 18 heavy (non-hydrogen) atoms. The molecule has 3 amide bonds. The van der Waals surface area contributed by atoms with Crippen molar-refractivity contribution in [3.8, 4) is 0 Å². The molecule has 3 N–H and O–H groups in total. The zero-order valence-electron chi connectivity index (χ0n) is 11.5. The summed E-state index contributed by atoms with van der Waals surface area (Å²) in [6, 6.07) is -0.00636. The molecule has 104 valence electrons. The molecule has 0 atom stereocenters. The first-order chi connectivity index (χ1) is 8.22. The van der Waals surface area contributed by atoms with Gasteiger partial charge in [0.1, 0.15) is 6.54 Å². The Morgan fingerprint density at radius 1 is 1.11 bits per heavy atom. The van der Waals surface area contributed by atoms with E-state index in [-0.39, 0.29) is 36.9 Å². The van der Waals surface area contributed by atoms with Crippen molar-refractivity contribution in [3.05, 3.63) is 0 Å². The highest BCUT2D eigenvalue weighted by Gasteiger charge is 2.20. The first-order valence-corrected chi connectivity index (χ1v) is 6.07. The average molecular weight is 257 g/mol. The Bertz CT molecular complexity index is 314. The van der Waals surface area contributed by atoms with Crippen LogP contribution in [0.4, 0.5) is 0 Å². The Morgan fingerprint density at radius 3 is 2.06 bits per heavy atom. The van der Waals surface area contributed by atoms with E-state index in [4.69, 9.17) is 5.73 Å². The van der Waals surface area contributed by atoms with Gasteiger partial charge in [-0.1, -0.05) is 13.8 Å². The van der Waals surface area contributed by atoms with Crippen LogP contribution in [0.1, 0.15) is 34.1 Å². The van der Waals surface area contributed by atoms with E-state index >= 15 is 0 Å². The minimum atomic E-state index is -0.621. The number of nitrogens with one attached hydrogen (secondary N) is 1. The summed E-state index contributed by atoms with van der Waals surface area (Å²) in [7, 11) is 0. The Morgan fingerprint density at radius 2 is 1.67 bits per heavy atom. The van der Waals surface area contributed by atoms with Crippen molar-refractivity contribution >= 4 is 17.7 Å². The first kappa shape index (κ1) is 16.4. The van der Waals surface area contributed by atoms with Gasteiger partial charge in [-0.3, -0.25) is 14.4 Å². The normalized spacial score (nSPS) is 10.6. The van der Waals surface area contributed by atoms with Crippen molar-refractivity contribution in [3.63, 3.8) is 0 Å². The molecule has 0 heterocycles. The lowest BCUT2D eigenvalue weighted by Crippen LogP contribution is -2.46. The molecule has 0 aliphatic carbocycles. The summed E-state index contributed by atoms with van der Waals surface area (Å²) in [4.78, 5) is 35.5. The summed E-state index contributed by atoms with van der Waals surface area (Å²) in [5.74, 6) is -0.975. The molecular weight excluding hydrogens is 234 g/mol. The van der Waals surface area contributed by atoms with E-state index in [9.17, 15) is 14.4 Å². The molecule has 0 rings (SSSR count). The number of rotatable bonds is 7. The van der Waals surface area contributed by atoms with Gasteiger partial charge in [0.2, 0.25) is 17.7 Å². The fourth-order valence-corrected chi connectivity index (χ4v) is 1.44. The third-order valence-electron chi connectivity index (χ3n) is 2.07. The number of nitrogens with zero attached hydrogens (tertiary/aromatic N) is 1. The minimum absolute atomic E-state index is 0.00636. The highest BCUT2D eigenvalue weighted by atomic mass is 16.2. The Kier molecular flexibility index (Phi) is 7.00. The van der Waals surface area contributed by atoms with Crippen LogP contribution in [0.5, 0.6) is 0 Å². The van der Waals surface area contributed by atoms with E-state index in [1.807, 2.05) is 27.7 Å². The maximum absolute atomic E-state index is 11.8. The Balaban J connectivity index is 4.53. The lowest BCUT2D eigenvalue weighted by atomic mass is 10.1. The smallest absolute Gasteiger partial charge is 0.239 e. The second-order valence-electron chi connectivity index (χ2n) is 5.04. The molecule has 0 spiro atoms. The van der Waals surface area contributed by atoms with Crippen LogP contribution in [0, 0.1) is 5.92 Å². The highest BCUT2D eigenvalue weighted by molar-refractivity contribution is 5.88. The summed E-state index contributed by atoms with van der Waals surface area (Å²) in [5, 5.41) is 2.67. The largest absolute Gasteiger partial charge is 0.368 e. The van der Waals surface area contributed by atoms with Gasteiger partial charge >= 0.3 is 0 Å². The Labute approximate surface area is 108 Å². The summed E-state index contributed by atoms with van der Waals surface area (Å²) in [6.07, 6.45) is 0.294. The van der Waals surface area contributed by atoms with E-state index in [0.29, 0.717) is 6.42 Å². The number of primary amides is 1. The third kappa shape index (κ3) is 7.65. The van der Waals surface area contributed by atoms with Gasteiger partial charge in [0.05, 0.1) is 6.54 Å². The number of carbonyl (C=O) groups excluding carboxylic acids is 3. The van der Waals surface area contributed by atoms with Crippen LogP contribution in [0.15, 0.2) is 0 Å². The molecule has 6 heteroatoms. The average Bonchev–Trinajstić information content (AvgIpc) is 2.13. The van der Waals surface area contributed by atoms with Crippen molar-refractivity contribution in [1.82, 2.24) is 10.2 Å². The zero-order valence-corrected chi connectivity index (χ0v) is 11.5. The second kappa shape index (κ2) is 7.68. The highest BCUT2D eigenvalue weighted by Crippen LogP contribution is 2.04. The molecule has 0 unspecified atom stereocenters.